The van der Waals surface area contributed by atoms with E-state index in [2.05, 4.69) is 66.1 Å². The molecule has 0 unspecified atom stereocenters. The van der Waals surface area contributed by atoms with Crippen molar-refractivity contribution in [3.05, 3.63) is 48.0 Å². The van der Waals surface area contributed by atoms with Crippen LogP contribution >= 0.6 is 0 Å². The Morgan fingerprint density at radius 2 is 1.68 bits per heavy atom. The predicted octanol–water partition coefficient (Wildman–Crippen LogP) is 3.39. The zero-order valence-corrected chi connectivity index (χ0v) is 12.3. The SMILES string of the molecule is C#N.C#N.CCn1c2ccccc2c2cc(C=NN)ccc21. The molecule has 0 aliphatic rings. The second-order valence-corrected chi connectivity index (χ2v) is 4.32. The Hall–Kier alpha value is -3.31. The van der Waals surface area contributed by atoms with Gasteiger partial charge in [-0.2, -0.15) is 5.10 Å². The number of hydrazone groups is 1. The van der Waals surface area contributed by atoms with Crippen molar-refractivity contribution >= 4 is 28.0 Å². The topological polar surface area (TPSA) is 90.9 Å². The summed E-state index contributed by atoms with van der Waals surface area (Å²) in [5, 5.41) is 19.1. The summed E-state index contributed by atoms with van der Waals surface area (Å²) < 4.78 is 2.33. The molecule has 0 aliphatic carbocycles. The quantitative estimate of drug-likeness (QED) is 0.445. The number of hydrogen-bond acceptors (Lipinski definition) is 4. The summed E-state index contributed by atoms with van der Waals surface area (Å²) in [6.07, 6.45) is 1.68. The van der Waals surface area contributed by atoms with Crippen LogP contribution in [-0.2, 0) is 6.54 Å². The highest BCUT2D eigenvalue weighted by atomic mass is 15.1. The molecule has 22 heavy (non-hydrogen) atoms. The number of hydrogen-bond donors (Lipinski definition) is 1. The lowest BCUT2D eigenvalue weighted by Gasteiger charge is -2.02. The number of nitriles is 2. The normalized spacial score (nSPS) is 9.86. The van der Waals surface area contributed by atoms with E-state index in [1.807, 2.05) is 6.07 Å². The largest absolute Gasteiger partial charge is 0.341 e. The van der Waals surface area contributed by atoms with Crippen LogP contribution in [0.4, 0.5) is 0 Å². The fourth-order valence-corrected chi connectivity index (χ4v) is 2.58. The Morgan fingerprint density at radius 1 is 1.05 bits per heavy atom. The molecule has 0 saturated carbocycles. The van der Waals surface area contributed by atoms with Crippen LogP contribution in [0.5, 0.6) is 0 Å². The monoisotopic (exact) mass is 291 g/mol. The molecule has 3 rings (SSSR count). The van der Waals surface area contributed by atoms with Crippen LogP contribution < -0.4 is 5.84 Å². The van der Waals surface area contributed by atoms with Crippen LogP contribution in [0.25, 0.3) is 21.8 Å². The third-order valence-electron chi connectivity index (χ3n) is 3.34. The van der Waals surface area contributed by atoms with Crippen LogP contribution in [0.3, 0.4) is 0 Å². The standard InChI is InChI=1S/C15H15N3.2CHN/c1-2-18-14-6-4-3-5-12(14)13-9-11(10-17-16)7-8-15(13)18;2*1-2/h3-10H,2,16H2,1H3;2*1H. The first-order valence-electron chi connectivity index (χ1n) is 6.61. The molecule has 0 saturated heterocycles. The second kappa shape index (κ2) is 8.08. The van der Waals surface area contributed by atoms with Gasteiger partial charge in [-0.1, -0.05) is 24.3 Å². The molecule has 2 aromatic carbocycles. The van der Waals surface area contributed by atoms with E-state index in [1.165, 1.54) is 21.8 Å². The highest BCUT2D eigenvalue weighted by Gasteiger charge is 2.08. The molecule has 110 valence electrons. The number of rotatable bonds is 2. The van der Waals surface area contributed by atoms with Crippen molar-refractivity contribution < 1.29 is 0 Å². The van der Waals surface area contributed by atoms with Gasteiger partial charge in [-0.15, -0.1) is 0 Å². The summed E-state index contributed by atoms with van der Waals surface area (Å²) in [4.78, 5) is 0. The number of aromatic nitrogens is 1. The first-order valence-corrected chi connectivity index (χ1v) is 6.61. The van der Waals surface area contributed by atoms with E-state index in [4.69, 9.17) is 16.4 Å². The molecule has 5 heteroatoms. The van der Waals surface area contributed by atoms with Crippen molar-refractivity contribution in [1.82, 2.24) is 4.57 Å². The molecule has 1 aromatic heterocycles. The third kappa shape index (κ3) is 2.89. The third-order valence-corrected chi connectivity index (χ3v) is 3.34. The van der Waals surface area contributed by atoms with Gasteiger partial charge in [0.15, 0.2) is 0 Å². The van der Waals surface area contributed by atoms with Crippen molar-refractivity contribution in [2.75, 3.05) is 0 Å². The lowest BCUT2D eigenvalue weighted by atomic mass is 10.1. The van der Waals surface area contributed by atoms with Crippen LogP contribution in [-0.4, -0.2) is 10.8 Å². The van der Waals surface area contributed by atoms with Crippen molar-refractivity contribution in [2.24, 2.45) is 10.9 Å². The molecule has 0 aliphatic heterocycles. The number of para-hydroxylation sites is 1. The Bertz CT molecular complexity index is 818. The molecule has 0 spiro atoms. The second-order valence-electron chi connectivity index (χ2n) is 4.32. The van der Waals surface area contributed by atoms with Crippen molar-refractivity contribution in [1.29, 1.82) is 10.5 Å². The van der Waals surface area contributed by atoms with Crippen LogP contribution in [0.15, 0.2) is 47.6 Å². The number of aryl methyl sites for hydroxylation is 1. The van der Waals surface area contributed by atoms with Crippen molar-refractivity contribution in [3.8, 4) is 13.1 Å². The van der Waals surface area contributed by atoms with E-state index < -0.39 is 0 Å². The van der Waals surface area contributed by atoms with E-state index in [0.717, 1.165) is 12.1 Å². The van der Waals surface area contributed by atoms with E-state index in [0.29, 0.717) is 0 Å². The summed E-state index contributed by atoms with van der Waals surface area (Å²) in [5.74, 6) is 5.21. The van der Waals surface area contributed by atoms with Gasteiger partial charge in [0.25, 0.3) is 0 Å². The Labute approximate surface area is 129 Å². The van der Waals surface area contributed by atoms with E-state index >= 15 is 0 Å². The maximum Gasteiger partial charge on any atom is 0.0538 e. The number of fused-ring (bicyclic) bond motifs is 3. The van der Waals surface area contributed by atoms with Crippen molar-refractivity contribution in [3.63, 3.8) is 0 Å². The van der Waals surface area contributed by atoms with Gasteiger partial charge < -0.3 is 10.4 Å². The first kappa shape index (κ1) is 16.7. The van der Waals surface area contributed by atoms with Gasteiger partial charge in [0, 0.05) is 41.5 Å². The van der Waals surface area contributed by atoms with Crippen LogP contribution in [0, 0.1) is 23.7 Å². The Balaban J connectivity index is 0.000000561. The van der Waals surface area contributed by atoms with Gasteiger partial charge >= 0.3 is 0 Å². The van der Waals surface area contributed by atoms with Gasteiger partial charge in [0.05, 0.1) is 6.21 Å². The fourth-order valence-electron chi connectivity index (χ4n) is 2.58. The summed E-state index contributed by atoms with van der Waals surface area (Å²) in [5.41, 5.74) is 3.56. The summed E-state index contributed by atoms with van der Waals surface area (Å²) in [6, 6.07) is 14.8. The number of nitrogens with zero attached hydrogens (tertiary/aromatic N) is 4. The van der Waals surface area contributed by atoms with Crippen LogP contribution in [0.2, 0.25) is 0 Å². The van der Waals surface area contributed by atoms with Gasteiger partial charge in [-0.25, -0.2) is 10.5 Å². The predicted molar refractivity (Wildman–Crippen MR) is 90.2 cm³/mol. The lowest BCUT2D eigenvalue weighted by Crippen LogP contribution is -1.93. The number of nitrogens with two attached hydrogens (primary N) is 1. The number of benzene rings is 2. The van der Waals surface area contributed by atoms with Gasteiger partial charge in [0.1, 0.15) is 0 Å². The highest BCUT2D eigenvalue weighted by molar-refractivity contribution is 6.09. The highest BCUT2D eigenvalue weighted by Crippen LogP contribution is 2.29. The maximum absolute atomic E-state index is 6.50. The smallest absolute Gasteiger partial charge is 0.0538 e. The Morgan fingerprint density at radius 3 is 2.32 bits per heavy atom. The summed E-state index contributed by atoms with van der Waals surface area (Å²) in [6.45, 7) is 10.1. The van der Waals surface area contributed by atoms with E-state index in [-0.39, 0.29) is 0 Å². The zero-order valence-electron chi connectivity index (χ0n) is 12.3. The van der Waals surface area contributed by atoms with E-state index in [9.17, 15) is 0 Å². The summed E-state index contributed by atoms with van der Waals surface area (Å²) in [7, 11) is 0. The fraction of sp³-hybridized carbons (Fsp3) is 0.118. The minimum absolute atomic E-state index is 0.967. The molecule has 3 aromatic rings. The van der Waals surface area contributed by atoms with Gasteiger partial charge in [0.2, 0.25) is 0 Å². The molecule has 5 nitrogen and oxygen atoms in total. The maximum atomic E-state index is 6.50. The molecule has 0 radical (unpaired) electrons. The van der Waals surface area contributed by atoms with Crippen molar-refractivity contribution in [2.45, 2.75) is 13.5 Å². The van der Waals surface area contributed by atoms with Crippen LogP contribution in [0.1, 0.15) is 12.5 Å². The molecular weight excluding hydrogens is 274 g/mol. The minimum Gasteiger partial charge on any atom is -0.341 e. The molecule has 2 N–H and O–H groups in total. The molecule has 1 heterocycles. The minimum atomic E-state index is 0.967. The first-order chi connectivity index (χ1) is 10.8. The van der Waals surface area contributed by atoms with E-state index in [1.54, 1.807) is 6.21 Å². The molecule has 0 atom stereocenters. The molecule has 0 bridgehead atoms. The molecular formula is C17H17N5. The van der Waals surface area contributed by atoms with Gasteiger partial charge in [-0.05, 0) is 30.7 Å². The average molecular weight is 291 g/mol. The zero-order chi connectivity index (χ0) is 16.5. The van der Waals surface area contributed by atoms with Gasteiger partial charge in [-0.3, -0.25) is 0 Å². The molecule has 0 amide bonds. The lowest BCUT2D eigenvalue weighted by molar-refractivity contribution is 0.827. The molecule has 0 fully saturated rings. The Kier molecular flexibility index (Phi) is 6.15. The average Bonchev–Trinajstić information content (AvgIpc) is 2.92. The summed E-state index contributed by atoms with van der Waals surface area (Å²) >= 11 is 0.